The van der Waals surface area contributed by atoms with Gasteiger partial charge in [-0.15, -0.1) is 0 Å². The number of benzene rings is 3. The highest BCUT2D eigenvalue weighted by molar-refractivity contribution is 6.21. The van der Waals surface area contributed by atoms with Crippen molar-refractivity contribution in [3.63, 3.8) is 0 Å². The molecular weight excluding hydrogens is 373 g/mol. The molecule has 0 aliphatic carbocycles. The van der Waals surface area contributed by atoms with Crippen LogP contribution in [0.3, 0.4) is 0 Å². The topological polar surface area (TPSA) is 22.3 Å². The van der Waals surface area contributed by atoms with E-state index in [1.165, 1.54) is 22.4 Å². The van der Waals surface area contributed by atoms with Gasteiger partial charge in [0.2, 0.25) is 0 Å². The van der Waals surface area contributed by atoms with Crippen molar-refractivity contribution in [3.05, 3.63) is 89.6 Å². The molecule has 0 unspecified atom stereocenters. The normalized spacial score (nSPS) is 10.8. The van der Waals surface area contributed by atoms with E-state index in [4.69, 9.17) is 7.58 Å². The molecule has 4 rings (SSSR count). The van der Waals surface area contributed by atoms with E-state index in [-0.39, 0.29) is 0 Å². The van der Waals surface area contributed by atoms with Gasteiger partial charge in [0.05, 0.1) is 11.1 Å². The summed E-state index contributed by atoms with van der Waals surface area (Å²) in [6.45, 7) is 6.35. The van der Waals surface area contributed by atoms with Crippen LogP contribution in [0.25, 0.3) is 22.0 Å². The van der Waals surface area contributed by atoms with Crippen molar-refractivity contribution in [1.29, 1.82) is 0 Å². The third-order valence-corrected chi connectivity index (χ3v) is 5.87. The lowest BCUT2D eigenvalue weighted by Gasteiger charge is -2.11. The minimum Gasteiger partial charge on any atom is -0.616 e. The minimum absolute atomic E-state index is 0.673. The molecule has 4 aromatic rings. The van der Waals surface area contributed by atoms with Gasteiger partial charge in [0.1, 0.15) is 7.05 Å². The Morgan fingerprint density at radius 3 is 2.28 bits per heavy atom. The van der Waals surface area contributed by atoms with Crippen molar-refractivity contribution in [2.24, 2.45) is 7.05 Å². The smallest absolute Gasteiger partial charge is 0.616 e. The molecule has 0 bridgehead atoms. The van der Waals surface area contributed by atoms with Crippen molar-refractivity contribution in [2.75, 3.05) is 0 Å². The van der Waals surface area contributed by atoms with Crippen LogP contribution >= 0.6 is 0 Å². The summed E-state index contributed by atoms with van der Waals surface area (Å²) in [4.78, 5) is 0. The van der Waals surface area contributed by atoms with Crippen LogP contribution in [0.1, 0.15) is 16.8 Å². The monoisotopic (exact) mass is 397 g/mol. The molecule has 0 fully saturated rings. The molecule has 0 aliphatic rings. The van der Waals surface area contributed by atoms with Crippen molar-refractivity contribution in [1.82, 2.24) is 0 Å². The van der Waals surface area contributed by atoms with E-state index in [0.29, 0.717) is 0 Å². The van der Waals surface area contributed by atoms with Crippen LogP contribution in [0.2, 0.25) is 0 Å². The van der Waals surface area contributed by atoms with Crippen LogP contribution in [0.5, 0.6) is 11.5 Å². The van der Waals surface area contributed by atoms with Gasteiger partial charge in [-0.3, -0.25) is 0 Å². The first-order valence-corrected chi connectivity index (χ1v) is 10.7. The van der Waals surface area contributed by atoms with E-state index in [1.807, 2.05) is 24.3 Å². The standard InChI is InChI=1S/C14H14O.C11H11NO.Al/c1-10-6-11(2)8-13(7-10)12-4-3-5-14(15)9-12;1-8-6-7-9-4-3-5-10(13)11(9)12(8)2;/h3-9,15H,1-2H3;3-7H,1-2H3;/q;;+2/p-1. The number of pyridine rings is 1. The maximum absolute atomic E-state index is 6.08. The first-order chi connectivity index (χ1) is 14.0. The summed E-state index contributed by atoms with van der Waals surface area (Å²) in [5, 5.41) is 1.16. The molecule has 143 valence electrons. The molecule has 0 saturated carbocycles. The Morgan fingerprint density at radius 1 is 0.724 bits per heavy atom. The van der Waals surface area contributed by atoms with Gasteiger partial charge in [0.25, 0.3) is 5.52 Å². The zero-order chi connectivity index (χ0) is 20.4. The summed E-state index contributed by atoms with van der Waals surface area (Å²) in [6.07, 6.45) is 0. The molecule has 1 radical (unpaired) electrons. The van der Waals surface area contributed by atoms with Gasteiger partial charge in [-0.2, -0.15) is 4.57 Å². The van der Waals surface area contributed by atoms with E-state index in [0.717, 1.165) is 28.0 Å². The van der Waals surface area contributed by atoms with Crippen LogP contribution in [0, 0.1) is 20.8 Å². The summed E-state index contributed by atoms with van der Waals surface area (Å²) in [7, 11) is 2.06. The number of rotatable bonds is 5. The number of nitrogens with zero attached hydrogens (tertiary/aromatic N) is 1. The van der Waals surface area contributed by atoms with Crippen molar-refractivity contribution >= 4 is 26.8 Å². The SMILES string of the molecule is Cc1cc(C)cc(-c2cccc([O][Al][O]c3cccc4ccc(C)[n+](C)c34)c2)c1. The fourth-order valence-electron chi connectivity index (χ4n) is 3.65. The van der Waals surface area contributed by atoms with E-state index in [1.54, 1.807) is 0 Å². The molecule has 0 atom stereocenters. The molecule has 3 aromatic carbocycles. The first kappa shape index (κ1) is 19.5. The van der Waals surface area contributed by atoms with E-state index >= 15 is 0 Å². The Hall–Kier alpha value is -2.80. The maximum Gasteiger partial charge on any atom is 0.882 e. The Labute approximate surface area is 178 Å². The van der Waals surface area contributed by atoms with Crippen LogP contribution < -0.4 is 12.1 Å². The lowest BCUT2D eigenvalue weighted by atomic mass is 10.0. The van der Waals surface area contributed by atoms with E-state index in [9.17, 15) is 0 Å². The molecule has 0 aliphatic heterocycles. The zero-order valence-electron chi connectivity index (χ0n) is 17.3. The predicted octanol–water partition coefficient (Wildman–Crippen LogP) is 5.25. The number of aryl methyl sites for hydroxylation is 4. The fourth-order valence-corrected chi connectivity index (χ4v) is 4.25. The maximum atomic E-state index is 6.08. The van der Waals surface area contributed by atoms with Gasteiger partial charge in [-0.25, -0.2) is 0 Å². The van der Waals surface area contributed by atoms with E-state index < -0.39 is 15.9 Å². The highest BCUT2D eigenvalue weighted by Crippen LogP contribution is 2.26. The number of aromatic nitrogens is 1. The minimum atomic E-state index is -0.673. The molecule has 3 nitrogen and oxygen atoms in total. The Bertz CT molecular complexity index is 1170. The molecule has 0 spiro atoms. The van der Waals surface area contributed by atoms with Crippen molar-refractivity contribution < 1.29 is 12.1 Å². The summed E-state index contributed by atoms with van der Waals surface area (Å²) in [5.41, 5.74) is 7.17. The second-order valence-corrected chi connectivity index (χ2v) is 8.13. The van der Waals surface area contributed by atoms with Crippen LogP contribution in [-0.2, 0) is 7.05 Å². The largest absolute Gasteiger partial charge is 0.882 e. The lowest BCUT2D eigenvalue weighted by molar-refractivity contribution is -0.651. The van der Waals surface area contributed by atoms with Crippen molar-refractivity contribution in [3.8, 4) is 22.6 Å². The first-order valence-electron chi connectivity index (χ1n) is 9.73. The van der Waals surface area contributed by atoms with Crippen LogP contribution in [-0.4, -0.2) is 15.9 Å². The predicted molar refractivity (Wildman–Crippen MR) is 118 cm³/mol. The van der Waals surface area contributed by atoms with Gasteiger partial charge in [0.15, 0.2) is 11.4 Å². The summed E-state index contributed by atoms with van der Waals surface area (Å²) >= 11 is -0.673. The number of para-hydroxylation sites is 1. The highest BCUT2D eigenvalue weighted by atomic mass is 27.2. The average Bonchev–Trinajstić information content (AvgIpc) is 2.70. The van der Waals surface area contributed by atoms with Crippen molar-refractivity contribution in [2.45, 2.75) is 20.8 Å². The third kappa shape index (κ3) is 4.30. The molecule has 0 amide bonds. The van der Waals surface area contributed by atoms with Gasteiger partial charge < -0.3 is 7.58 Å². The molecule has 1 heterocycles. The van der Waals surface area contributed by atoms with Crippen LogP contribution in [0.15, 0.2) is 72.8 Å². The summed E-state index contributed by atoms with van der Waals surface area (Å²) in [6, 6.07) is 25.2. The average molecular weight is 397 g/mol. The fraction of sp³-hybridized carbons (Fsp3) is 0.160. The Morgan fingerprint density at radius 2 is 1.48 bits per heavy atom. The summed E-state index contributed by atoms with van der Waals surface area (Å²) in [5.74, 6) is 1.69. The second kappa shape index (κ2) is 8.29. The third-order valence-electron chi connectivity index (χ3n) is 5.15. The number of hydrogen-bond acceptors (Lipinski definition) is 2. The van der Waals surface area contributed by atoms with Gasteiger partial charge in [0, 0.05) is 13.0 Å². The second-order valence-electron chi connectivity index (χ2n) is 7.46. The van der Waals surface area contributed by atoms with Gasteiger partial charge in [-0.05, 0) is 55.3 Å². The molecule has 0 N–H and O–H groups in total. The molecule has 29 heavy (non-hydrogen) atoms. The zero-order valence-corrected chi connectivity index (χ0v) is 18.4. The van der Waals surface area contributed by atoms with E-state index in [2.05, 4.69) is 80.9 Å². The number of fused-ring (bicyclic) bond motifs is 1. The van der Waals surface area contributed by atoms with Gasteiger partial charge >= 0.3 is 15.9 Å². The quantitative estimate of drug-likeness (QED) is 0.339. The van der Waals surface area contributed by atoms with Crippen LogP contribution in [0.4, 0.5) is 0 Å². The summed E-state index contributed by atoms with van der Waals surface area (Å²) < 4.78 is 14.2. The molecule has 1 aromatic heterocycles. The molecule has 0 saturated heterocycles. The molecular formula is C25H24AlNO2+. The molecule has 4 heteroatoms. The lowest BCUT2D eigenvalue weighted by Crippen LogP contribution is -2.33. The number of hydrogen-bond donors (Lipinski definition) is 0. The van der Waals surface area contributed by atoms with Gasteiger partial charge in [-0.1, -0.05) is 47.5 Å². The Kier molecular flexibility index (Phi) is 5.58. The Balaban J connectivity index is 1.52. The highest BCUT2D eigenvalue weighted by Gasteiger charge is 2.16.